The standard InChI is InChI=1S/C13H15F2NO4/c1-7(2)10(12(18)19)16-11(17)8-5-3-4-6-9(8)20-13(14)15/h3-7,10,13H,1-2H3,(H,16,17)(H,18,19). The van der Waals surface area contributed by atoms with E-state index < -0.39 is 24.5 Å². The summed E-state index contributed by atoms with van der Waals surface area (Å²) in [7, 11) is 0. The van der Waals surface area contributed by atoms with Gasteiger partial charge in [0, 0.05) is 0 Å². The third-order valence-electron chi connectivity index (χ3n) is 2.57. The maximum Gasteiger partial charge on any atom is 0.387 e. The lowest BCUT2D eigenvalue weighted by molar-refractivity contribution is -0.140. The van der Waals surface area contributed by atoms with Gasteiger partial charge in [-0.15, -0.1) is 0 Å². The Kier molecular flexibility index (Phi) is 5.42. The van der Waals surface area contributed by atoms with Crippen molar-refractivity contribution in [3.8, 4) is 5.75 Å². The number of hydrogen-bond acceptors (Lipinski definition) is 3. The van der Waals surface area contributed by atoms with Crippen LogP contribution in [0.2, 0.25) is 0 Å². The molecule has 1 aromatic carbocycles. The largest absolute Gasteiger partial charge is 0.480 e. The molecule has 0 saturated carbocycles. The number of halogens is 2. The van der Waals surface area contributed by atoms with Gasteiger partial charge in [0.2, 0.25) is 0 Å². The average molecular weight is 287 g/mol. The average Bonchev–Trinajstić information content (AvgIpc) is 2.34. The summed E-state index contributed by atoms with van der Waals surface area (Å²) in [5.74, 6) is -2.62. The van der Waals surface area contributed by atoms with Gasteiger partial charge in [0.15, 0.2) is 0 Å². The quantitative estimate of drug-likeness (QED) is 0.840. The number of para-hydroxylation sites is 1. The number of benzene rings is 1. The third-order valence-corrected chi connectivity index (χ3v) is 2.57. The molecule has 0 fully saturated rings. The van der Waals surface area contributed by atoms with Gasteiger partial charge in [-0.25, -0.2) is 4.79 Å². The fourth-order valence-electron chi connectivity index (χ4n) is 1.59. The van der Waals surface area contributed by atoms with E-state index in [0.717, 1.165) is 0 Å². The van der Waals surface area contributed by atoms with E-state index in [0.29, 0.717) is 0 Å². The topological polar surface area (TPSA) is 75.6 Å². The first-order valence-corrected chi connectivity index (χ1v) is 5.90. The van der Waals surface area contributed by atoms with Gasteiger partial charge in [-0.2, -0.15) is 8.78 Å². The highest BCUT2D eigenvalue weighted by molar-refractivity contribution is 5.98. The first-order valence-electron chi connectivity index (χ1n) is 5.90. The Bertz CT molecular complexity index is 491. The number of hydrogen-bond donors (Lipinski definition) is 2. The van der Waals surface area contributed by atoms with Gasteiger partial charge in [0.1, 0.15) is 11.8 Å². The molecule has 0 spiro atoms. The molecule has 1 unspecified atom stereocenters. The zero-order valence-electron chi connectivity index (χ0n) is 11.0. The maximum absolute atomic E-state index is 12.2. The van der Waals surface area contributed by atoms with Crippen LogP contribution >= 0.6 is 0 Å². The number of carboxylic acid groups (broad SMARTS) is 1. The number of rotatable bonds is 6. The first kappa shape index (κ1) is 15.9. The van der Waals surface area contributed by atoms with E-state index in [4.69, 9.17) is 5.11 Å². The van der Waals surface area contributed by atoms with Crippen LogP contribution in [-0.2, 0) is 4.79 Å². The van der Waals surface area contributed by atoms with Crippen molar-refractivity contribution in [1.29, 1.82) is 0 Å². The minimum absolute atomic E-state index is 0.139. The number of ether oxygens (including phenoxy) is 1. The molecule has 0 aliphatic heterocycles. The molecule has 0 bridgehead atoms. The molecular weight excluding hydrogens is 272 g/mol. The highest BCUT2D eigenvalue weighted by Crippen LogP contribution is 2.20. The Labute approximate surface area is 114 Å². The molecular formula is C13H15F2NO4. The number of carbonyl (C=O) groups excluding carboxylic acids is 1. The summed E-state index contributed by atoms with van der Waals surface area (Å²) < 4.78 is 28.7. The molecule has 1 atom stereocenters. The van der Waals surface area contributed by atoms with Crippen LogP contribution < -0.4 is 10.1 Å². The third kappa shape index (κ3) is 4.18. The van der Waals surface area contributed by atoms with E-state index in [1.807, 2.05) is 0 Å². The van der Waals surface area contributed by atoms with Crippen molar-refractivity contribution in [3.05, 3.63) is 29.8 Å². The van der Waals surface area contributed by atoms with E-state index in [1.165, 1.54) is 24.3 Å². The molecule has 7 heteroatoms. The summed E-state index contributed by atoms with van der Waals surface area (Å²) in [4.78, 5) is 23.0. The molecule has 5 nitrogen and oxygen atoms in total. The van der Waals surface area contributed by atoms with Crippen molar-refractivity contribution >= 4 is 11.9 Å². The molecule has 0 aromatic heterocycles. The molecule has 0 aliphatic rings. The predicted molar refractivity (Wildman–Crippen MR) is 66.8 cm³/mol. The number of aliphatic carboxylic acids is 1. The van der Waals surface area contributed by atoms with Crippen LogP contribution in [0.5, 0.6) is 5.75 Å². The molecule has 110 valence electrons. The minimum atomic E-state index is -3.07. The molecule has 0 saturated heterocycles. The Hall–Kier alpha value is -2.18. The summed E-state index contributed by atoms with van der Waals surface area (Å²) >= 11 is 0. The van der Waals surface area contributed by atoms with Crippen molar-refractivity contribution in [1.82, 2.24) is 5.32 Å². The second-order valence-corrected chi connectivity index (χ2v) is 4.41. The molecule has 0 aliphatic carbocycles. The molecule has 1 amide bonds. The summed E-state index contributed by atoms with van der Waals surface area (Å²) in [5.41, 5.74) is -0.139. The highest BCUT2D eigenvalue weighted by atomic mass is 19.3. The van der Waals surface area contributed by atoms with Crippen LogP contribution in [0.15, 0.2) is 24.3 Å². The molecule has 1 rings (SSSR count). The number of nitrogens with one attached hydrogen (secondary N) is 1. The van der Waals surface area contributed by atoms with Gasteiger partial charge < -0.3 is 15.2 Å². The maximum atomic E-state index is 12.2. The van der Waals surface area contributed by atoms with Crippen LogP contribution in [0.3, 0.4) is 0 Å². The van der Waals surface area contributed by atoms with Crippen molar-refractivity contribution in [2.75, 3.05) is 0 Å². The fourth-order valence-corrected chi connectivity index (χ4v) is 1.59. The van der Waals surface area contributed by atoms with Crippen LogP contribution in [0.4, 0.5) is 8.78 Å². The van der Waals surface area contributed by atoms with Crippen LogP contribution in [0.1, 0.15) is 24.2 Å². The number of alkyl halides is 2. The molecule has 0 radical (unpaired) electrons. The van der Waals surface area contributed by atoms with Crippen molar-refractivity contribution < 1.29 is 28.2 Å². The monoisotopic (exact) mass is 287 g/mol. The molecule has 0 heterocycles. The van der Waals surface area contributed by atoms with E-state index in [1.54, 1.807) is 13.8 Å². The van der Waals surface area contributed by atoms with Crippen LogP contribution in [-0.4, -0.2) is 29.6 Å². The lowest BCUT2D eigenvalue weighted by atomic mass is 10.0. The Morgan fingerprint density at radius 1 is 1.25 bits per heavy atom. The zero-order chi connectivity index (χ0) is 15.3. The van der Waals surface area contributed by atoms with Gasteiger partial charge in [-0.1, -0.05) is 26.0 Å². The summed E-state index contributed by atoms with van der Waals surface area (Å²) in [6.07, 6.45) is 0. The first-order chi connectivity index (χ1) is 9.32. The minimum Gasteiger partial charge on any atom is -0.480 e. The molecule has 2 N–H and O–H groups in total. The zero-order valence-corrected chi connectivity index (χ0v) is 11.0. The van der Waals surface area contributed by atoms with Gasteiger partial charge in [-0.05, 0) is 18.1 Å². The van der Waals surface area contributed by atoms with E-state index in [2.05, 4.69) is 10.1 Å². The number of amides is 1. The Morgan fingerprint density at radius 2 is 1.85 bits per heavy atom. The van der Waals surface area contributed by atoms with Crippen molar-refractivity contribution in [3.63, 3.8) is 0 Å². The molecule has 1 aromatic rings. The number of carbonyl (C=O) groups is 2. The van der Waals surface area contributed by atoms with Crippen molar-refractivity contribution in [2.45, 2.75) is 26.5 Å². The van der Waals surface area contributed by atoms with Gasteiger partial charge >= 0.3 is 12.6 Å². The smallest absolute Gasteiger partial charge is 0.387 e. The second kappa shape index (κ2) is 6.83. The highest BCUT2D eigenvalue weighted by Gasteiger charge is 2.25. The molecule has 20 heavy (non-hydrogen) atoms. The van der Waals surface area contributed by atoms with Crippen LogP contribution in [0, 0.1) is 5.92 Å². The normalized spacial score (nSPS) is 12.3. The summed E-state index contributed by atoms with van der Waals surface area (Å²) in [5, 5.41) is 11.3. The predicted octanol–water partition coefficient (Wildman–Crippen LogP) is 2.13. The fraction of sp³-hybridized carbons (Fsp3) is 0.385. The van der Waals surface area contributed by atoms with Gasteiger partial charge in [-0.3, -0.25) is 4.79 Å². The SMILES string of the molecule is CC(C)C(NC(=O)c1ccccc1OC(F)F)C(=O)O. The second-order valence-electron chi connectivity index (χ2n) is 4.41. The van der Waals surface area contributed by atoms with Gasteiger partial charge in [0.25, 0.3) is 5.91 Å². The lowest BCUT2D eigenvalue weighted by Crippen LogP contribution is -2.44. The Balaban J connectivity index is 2.94. The number of carboxylic acids is 1. The van der Waals surface area contributed by atoms with E-state index in [9.17, 15) is 18.4 Å². The van der Waals surface area contributed by atoms with E-state index >= 15 is 0 Å². The Morgan fingerprint density at radius 3 is 2.35 bits per heavy atom. The van der Waals surface area contributed by atoms with Crippen LogP contribution in [0.25, 0.3) is 0 Å². The van der Waals surface area contributed by atoms with E-state index in [-0.39, 0.29) is 17.2 Å². The van der Waals surface area contributed by atoms with Crippen molar-refractivity contribution in [2.24, 2.45) is 5.92 Å². The summed E-state index contributed by atoms with van der Waals surface area (Å²) in [6.45, 7) is 0.186. The lowest BCUT2D eigenvalue weighted by Gasteiger charge is -2.18. The summed E-state index contributed by atoms with van der Waals surface area (Å²) in [6, 6.07) is 4.30. The van der Waals surface area contributed by atoms with Gasteiger partial charge in [0.05, 0.1) is 5.56 Å².